The lowest BCUT2D eigenvalue weighted by atomic mass is 9.93. The Kier molecular flexibility index (Phi) is 3.80. The van der Waals surface area contributed by atoms with Crippen LogP contribution in [0, 0.1) is 0 Å². The van der Waals surface area contributed by atoms with Gasteiger partial charge in [0.2, 0.25) is 0 Å². The summed E-state index contributed by atoms with van der Waals surface area (Å²) in [5, 5.41) is 13.2. The SMILES string of the molecule is O[C@H]1CCCC[C@@H]1NCCn1cccc1. The van der Waals surface area contributed by atoms with Crippen LogP contribution in [0.2, 0.25) is 0 Å². The molecule has 1 aliphatic rings. The molecule has 15 heavy (non-hydrogen) atoms. The molecule has 3 heteroatoms. The molecule has 0 amide bonds. The van der Waals surface area contributed by atoms with E-state index in [0.717, 1.165) is 25.9 Å². The van der Waals surface area contributed by atoms with Gasteiger partial charge in [0.05, 0.1) is 6.10 Å². The van der Waals surface area contributed by atoms with Crippen molar-refractivity contribution in [2.45, 2.75) is 44.4 Å². The molecule has 2 rings (SSSR count). The van der Waals surface area contributed by atoms with Crippen molar-refractivity contribution in [2.24, 2.45) is 0 Å². The molecule has 1 saturated carbocycles. The normalized spacial score (nSPS) is 26.7. The Bertz CT molecular complexity index is 271. The van der Waals surface area contributed by atoms with Gasteiger partial charge in [-0.1, -0.05) is 12.8 Å². The molecule has 1 heterocycles. The van der Waals surface area contributed by atoms with Gasteiger partial charge in [0.15, 0.2) is 0 Å². The second kappa shape index (κ2) is 5.33. The Hall–Kier alpha value is -0.800. The van der Waals surface area contributed by atoms with Gasteiger partial charge in [0.1, 0.15) is 0 Å². The minimum absolute atomic E-state index is 0.136. The summed E-state index contributed by atoms with van der Waals surface area (Å²) < 4.78 is 2.15. The highest BCUT2D eigenvalue weighted by Gasteiger charge is 2.21. The molecular weight excluding hydrogens is 188 g/mol. The van der Waals surface area contributed by atoms with Gasteiger partial charge in [0.25, 0.3) is 0 Å². The van der Waals surface area contributed by atoms with Crippen molar-refractivity contribution in [3.05, 3.63) is 24.5 Å². The van der Waals surface area contributed by atoms with Crippen LogP contribution in [0.5, 0.6) is 0 Å². The number of aliphatic hydroxyl groups is 1. The van der Waals surface area contributed by atoms with Crippen LogP contribution >= 0.6 is 0 Å². The molecule has 1 aliphatic carbocycles. The van der Waals surface area contributed by atoms with E-state index in [1.54, 1.807) is 0 Å². The maximum absolute atomic E-state index is 9.76. The van der Waals surface area contributed by atoms with Crippen LogP contribution in [-0.4, -0.2) is 28.4 Å². The van der Waals surface area contributed by atoms with Crippen LogP contribution in [0.25, 0.3) is 0 Å². The molecule has 0 spiro atoms. The first kappa shape index (κ1) is 10.7. The van der Waals surface area contributed by atoms with Crippen LogP contribution in [0.3, 0.4) is 0 Å². The molecule has 0 bridgehead atoms. The minimum atomic E-state index is -0.136. The number of aromatic nitrogens is 1. The molecular formula is C12H20N2O. The van der Waals surface area contributed by atoms with Crippen LogP contribution in [0.1, 0.15) is 25.7 Å². The van der Waals surface area contributed by atoms with Crippen LogP contribution < -0.4 is 5.32 Å². The lowest BCUT2D eigenvalue weighted by molar-refractivity contribution is 0.0907. The largest absolute Gasteiger partial charge is 0.392 e. The maximum Gasteiger partial charge on any atom is 0.0693 e. The third kappa shape index (κ3) is 3.08. The zero-order chi connectivity index (χ0) is 10.5. The van der Waals surface area contributed by atoms with Gasteiger partial charge in [-0.2, -0.15) is 0 Å². The summed E-state index contributed by atoms with van der Waals surface area (Å²) in [5.41, 5.74) is 0. The number of aliphatic hydroxyl groups excluding tert-OH is 1. The van der Waals surface area contributed by atoms with Crippen molar-refractivity contribution >= 4 is 0 Å². The van der Waals surface area contributed by atoms with E-state index < -0.39 is 0 Å². The molecule has 1 fully saturated rings. The number of nitrogens with one attached hydrogen (secondary N) is 1. The quantitative estimate of drug-likeness (QED) is 0.784. The fourth-order valence-electron chi connectivity index (χ4n) is 2.25. The molecule has 2 atom stereocenters. The van der Waals surface area contributed by atoms with E-state index in [-0.39, 0.29) is 6.10 Å². The first-order chi connectivity index (χ1) is 7.36. The highest BCUT2D eigenvalue weighted by molar-refractivity contribution is 4.90. The average molecular weight is 208 g/mol. The van der Waals surface area contributed by atoms with E-state index >= 15 is 0 Å². The molecule has 0 unspecified atom stereocenters. The summed E-state index contributed by atoms with van der Waals surface area (Å²) in [4.78, 5) is 0. The summed E-state index contributed by atoms with van der Waals surface area (Å²) in [6.45, 7) is 1.92. The lowest BCUT2D eigenvalue weighted by Gasteiger charge is -2.28. The summed E-state index contributed by atoms with van der Waals surface area (Å²) in [5.74, 6) is 0. The van der Waals surface area contributed by atoms with Crippen LogP contribution in [-0.2, 0) is 6.54 Å². The molecule has 2 N–H and O–H groups in total. The highest BCUT2D eigenvalue weighted by atomic mass is 16.3. The van der Waals surface area contributed by atoms with E-state index in [2.05, 4.69) is 22.3 Å². The molecule has 0 aromatic carbocycles. The van der Waals surface area contributed by atoms with Crippen molar-refractivity contribution in [3.8, 4) is 0 Å². The Labute approximate surface area is 91.1 Å². The van der Waals surface area contributed by atoms with Crippen molar-refractivity contribution in [3.63, 3.8) is 0 Å². The second-order valence-electron chi connectivity index (χ2n) is 4.33. The number of hydrogen-bond donors (Lipinski definition) is 2. The summed E-state index contributed by atoms with van der Waals surface area (Å²) >= 11 is 0. The van der Waals surface area contributed by atoms with Crippen molar-refractivity contribution in [2.75, 3.05) is 6.54 Å². The van der Waals surface area contributed by atoms with Crippen LogP contribution in [0.15, 0.2) is 24.5 Å². The number of nitrogens with zero attached hydrogens (tertiary/aromatic N) is 1. The van der Waals surface area contributed by atoms with Crippen molar-refractivity contribution in [1.29, 1.82) is 0 Å². The predicted octanol–water partition coefficient (Wildman–Crippen LogP) is 1.38. The molecule has 3 nitrogen and oxygen atoms in total. The Morgan fingerprint density at radius 2 is 1.93 bits per heavy atom. The third-order valence-electron chi connectivity index (χ3n) is 3.17. The summed E-state index contributed by atoms with van der Waals surface area (Å²) in [7, 11) is 0. The van der Waals surface area contributed by atoms with E-state index in [9.17, 15) is 5.11 Å². The fraction of sp³-hybridized carbons (Fsp3) is 0.667. The van der Waals surface area contributed by atoms with E-state index in [1.165, 1.54) is 12.8 Å². The second-order valence-corrected chi connectivity index (χ2v) is 4.33. The van der Waals surface area contributed by atoms with Crippen LogP contribution in [0.4, 0.5) is 0 Å². The van der Waals surface area contributed by atoms with Crippen molar-refractivity contribution < 1.29 is 5.11 Å². The Balaban J connectivity index is 1.68. The van der Waals surface area contributed by atoms with Gasteiger partial charge in [-0.3, -0.25) is 0 Å². The minimum Gasteiger partial charge on any atom is -0.392 e. The number of hydrogen-bond acceptors (Lipinski definition) is 2. The van der Waals surface area contributed by atoms with E-state index in [1.807, 2.05) is 12.1 Å². The molecule has 0 saturated heterocycles. The number of rotatable bonds is 4. The van der Waals surface area contributed by atoms with E-state index in [0.29, 0.717) is 6.04 Å². The standard InChI is InChI=1S/C12H20N2O/c15-12-6-2-1-5-11(12)13-7-10-14-8-3-4-9-14/h3-4,8-9,11-13,15H,1-2,5-7,10H2/t11-,12-/m0/s1. The molecule has 1 aromatic heterocycles. The first-order valence-corrected chi connectivity index (χ1v) is 5.88. The maximum atomic E-state index is 9.76. The summed E-state index contributed by atoms with van der Waals surface area (Å²) in [6, 6.07) is 4.39. The highest BCUT2D eigenvalue weighted by Crippen LogP contribution is 2.17. The van der Waals surface area contributed by atoms with Gasteiger partial charge in [-0.15, -0.1) is 0 Å². The fourth-order valence-corrected chi connectivity index (χ4v) is 2.25. The van der Waals surface area contributed by atoms with Gasteiger partial charge < -0.3 is 15.0 Å². The average Bonchev–Trinajstić information content (AvgIpc) is 2.74. The smallest absolute Gasteiger partial charge is 0.0693 e. The first-order valence-electron chi connectivity index (χ1n) is 5.88. The monoisotopic (exact) mass is 208 g/mol. The van der Waals surface area contributed by atoms with Gasteiger partial charge in [0, 0.05) is 31.5 Å². The van der Waals surface area contributed by atoms with Gasteiger partial charge in [-0.05, 0) is 25.0 Å². The van der Waals surface area contributed by atoms with Gasteiger partial charge in [-0.25, -0.2) is 0 Å². The topological polar surface area (TPSA) is 37.2 Å². The molecule has 1 aromatic rings. The third-order valence-corrected chi connectivity index (χ3v) is 3.17. The summed E-state index contributed by atoms with van der Waals surface area (Å²) in [6.07, 6.45) is 8.50. The zero-order valence-electron chi connectivity index (χ0n) is 9.10. The lowest BCUT2D eigenvalue weighted by Crippen LogP contribution is -2.43. The molecule has 0 radical (unpaired) electrons. The predicted molar refractivity (Wildman–Crippen MR) is 60.7 cm³/mol. The van der Waals surface area contributed by atoms with Gasteiger partial charge >= 0.3 is 0 Å². The zero-order valence-corrected chi connectivity index (χ0v) is 9.10. The Morgan fingerprint density at radius 3 is 2.67 bits per heavy atom. The van der Waals surface area contributed by atoms with Crippen molar-refractivity contribution in [1.82, 2.24) is 9.88 Å². The van der Waals surface area contributed by atoms with E-state index in [4.69, 9.17) is 0 Å². The molecule has 84 valence electrons. The molecule has 0 aliphatic heterocycles. The Morgan fingerprint density at radius 1 is 1.20 bits per heavy atom.